The van der Waals surface area contributed by atoms with E-state index >= 15 is 0 Å². The molecule has 0 atom stereocenters. The van der Waals surface area contributed by atoms with Crippen molar-refractivity contribution >= 4 is 11.6 Å². The van der Waals surface area contributed by atoms with E-state index in [9.17, 15) is 5.11 Å². The van der Waals surface area contributed by atoms with Crippen LogP contribution in [0.5, 0.6) is 0 Å². The molecule has 2 aromatic carbocycles. The Morgan fingerprint density at radius 3 is 2.11 bits per heavy atom. The van der Waals surface area contributed by atoms with Gasteiger partial charge in [0.25, 0.3) is 0 Å². The van der Waals surface area contributed by atoms with Crippen LogP contribution < -0.4 is 0 Å². The molecule has 1 aliphatic carbocycles. The molecule has 0 saturated carbocycles. The molecule has 2 aromatic rings. The third-order valence-corrected chi connectivity index (χ3v) is 4.00. The first-order chi connectivity index (χ1) is 8.66. The molecule has 0 aromatic heterocycles. The van der Waals surface area contributed by atoms with Crippen LogP contribution in [0.25, 0.3) is 0 Å². The zero-order valence-electron chi connectivity index (χ0n) is 10.1. The second kappa shape index (κ2) is 4.42. The minimum absolute atomic E-state index is 0.612. The van der Waals surface area contributed by atoms with Crippen molar-refractivity contribution in [3.8, 4) is 0 Å². The van der Waals surface area contributed by atoms with Crippen molar-refractivity contribution in [3.63, 3.8) is 0 Å². The lowest BCUT2D eigenvalue weighted by atomic mass is 9.91. The lowest BCUT2D eigenvalue weighted by Crippen LogP contribution is -2.32. The van der Waals surface area contributed by atoms with E-state index in [2.05, 4.69) is 12.1 Å². The molecule has 1 nitrogen and oxygen atoms in total. The molecular weight excluding hydrogens is 244 g/mol. The Kier molecular flexibility index (Phi) is 2.89. The van der Waals surface area contributed by atoms with Crippen LogP contribution in [0.4, 0.5) is 0 Å². The third-order valence-electron chi connectivity index (χ3n) is 3.63. The first-order valence-electron chi connectivity index (χ1n) is 6.19. The van der Waals surface area contributed by atoms with Crippen molar-refractivity contribution in [2.24, 2.45) is 0 Å². The van der Waals surface area contributed by atoms with Crippen LogP contribution in [-0.2, 0) is 19.3 Å². The van der Waals surface area contributed by atoms with Gasteiger partial charge < -0.3 is 5.11 Å². The van der Waals surface area contributed by atoms with Gasteiger partial charge in [-0.1, -0.05) is 54.1 Å². The van der Waals surface area contributed by atoms with Gasteiger partial charge in [-0.2, -0.15) is 0 Å². The molecule has 92 valence electrons. The van der Waals surface area contributed by atoms with E-state index in [4.69, 9.17) is 11.6 Å². The summed E-state index contributed by atoms with van der Waals surface area (Å²) in [6.07, 6.45) is 2.05. The largest absolute Gasteiger partial charge is 0.389 e. The van der Waals surface area contributed by atoms with Crippen LogP contribution >= 0.6 is 11.6 Å². The van der Waals surface area contributed by atoms with Crippen LogP contribution in [-0.4, -0.2) is 10.7 Å². The van der Waals surface area contributed by atoms with Crippen LogP contribution in [0.2, 0.25) is 5.02 Å². The highest BCUT2D eigenvalue weighted by molar-refractivity contribution is 6.31. The molecule has 0 unspecified atom stereocenters. The zero-order chi connectivity index (χ0) is 12.6. The Balaban J connectivity index is 1.85. The predicted octanol–water partition coefficient (Wildman–Crippen LogP) is 3.41. The molecule has 0 amide bonds. The number of hydrogen-bond donors (Lipinski definition) is 1. The summed E-state index contributed by atoms with van der Waals surface area (Å²) < 4.78 is 0. The first kappa shape index (κ1) is 11.8. The minimum atomic E-state index is -0.686. The number of hydrogen-bond acceptors (Lipinski definition) is 1. The predicted molar refractivity (Wildman–Crippen MR) is 74.0 cm³/mol. The lowest BCUT2D eigenvalue weighted by Gasteiger charge is -2.22. The van der Waals surface area contributed by atoms with Crippen LogP contribution in [0.1, 0.15) is 16.7 Å². The highest BCUT2D eigenvalue weighted by Crippen LogP contribution is 2.33. The minimum Gasteiger partial charge on any atom is -0.389 e. The average Bonchev–Trinajstić information content (AvgIpc) is 2.68. The quantitative estimate of drug-likeness (QED) is 0.875. The van der Waals surface area contributed by atoms with E-state index in [0.717, 1.165) is 10.6 Å². The molecule has 3 rings (SSSR count). The number of benzene rings is 2. The second-order valence-electron chi connectivity index (χ2n) is 5.11. The SMILES string of the molecule is OC1(Cc2ccccc2Cl)Cc2ccccc2C1. The zero-order valence-corrected chi connectivity index (χ0v) is 10.8. The number of rotatable bonds is 2. The summed E-state index contributed by atoms with van der Waals surface area (Å²) in [7, 11) is 0. The molecule has 0 aliphatic heterocycles. The van der Waals surface area contributed by atoms with Gasteiger partial charge >= 0.3 is 0 Å². The summed E-state index contributed by atoms with van der Waals surface area (Å²) in [5.41, 5.74) is 2.85. The summed E-state index contributed by atoms with van der Waals surface area (Å²) in [4.78, 5) is 0. The number of halogens is 1. The fourth-order valence-electron chi connectivity index (χ4n) is 2.80. The van der Waals surface area contributed by atoms with Gasteiger partial charge in [0.1, 0.15) is 0 Å². The molecule has 2 heteroatoms. The lowest BCUT2D eigenvalue weighted by molar-refractivity contribution is 0.0518. The van der Waals surface area contributed by atoms with E-state index in [1.54, 1.807) is 0 Å². The fraction of sp³-hybridized carbons (Fsp3) is 0.250. The van der Waals surface area contributed by atoms with Gasteiger partial charge in [0.05, 0.1) is 5.60 Å². The Morgan fingerprint density at radius 1 is 0.944 bits per heavy atom. The molecule has 18 heavy (non-hydrogen) atoms. The van der Waals surface area contributed by atoms with Gasteiger partial charge in [0.2, 0.25) is 0 Å². The molecule has 1 N–H and O–H groups in total. The fourth-order valence-corrected chi connectivity index (χ4v) is 3.00. The van der Waals surface area contributed by atoms with E-state index in [0.29, 0.717) is 19.3 Å². The highest BCUT2D eigenvalue weighted by atomic mass is 35.5. The van der Waals surface area contributed by atoms with Crippen molar-refractivity contribution < 1.29 is 5.11 Å². The maximum Gasteiger partial charge on any atom is 0.0768 e. The van der Waals surface area contributed by atoms with E-state index in [1.807, 2.05) is 36.4 Å². The standard InChI is InChI=1S/C16H15ClO/c17-15-8-4-3-7-14(15)11-16(18)9-12-5-1-2-6-13(12)10-16/h1-8,18H,9-11H2. The van der Waals surface area contributed by atoms with Gasteiger partial charge in [0.15, 0.2) is 0 Å². The van der Waals surface area contributed by atoms with Gasteiger partial charge in [-0.25, -0.2) is 0 Å². The monoisotopic (exact) mass is 258 g/mol. The molecule has 0 saturated heterocycles. The Hall–Kier alpha value is -1.31. The summed E-state index contributed by atoms with van der Waals surface area (Å²) in [6, 6.07) is 16.0. The maximum absolute atomic E-state index is 10.7. The molecule has 0 bridgehead atoms. The molecule has 0 radical (unpaired) electrons. The van der Waals surface area contributed by atoms with Gasteiger partial charge in [-0.05, 0) is 22.8 Å². The van der Waals surface area contributed by atoms with Crippen molar-refractivity contribution in [2.45, 2.75) is 24.9 Å². The molecule has 1 aliphatic rings. The molecule has 0 spiro atoms. The van der Waals surface area contributed by atoms with Crippen molar-refractivity contribution in [1.82, 2.24) is 0 Å². The smallest absolute Gasteiger partial charge is 0.0768 e. The Morgan fingerprint density at radius 2 is 1.50 bits per heavy atom. The summed E-state index contributed by atoms with van der Waals surface area (Å²) >= 11 is 6.16. The van der Waals surface area contributed by atoms with Crippen LogP contribution in [0, 0.1) is 0 Å². The highest BCUT2D eigenvalue weighted by Gasteiger charge is 2.35. The van der Waals surface area contributed by atoms with Crippen molar-refractivity contribution in [3.05, 3.63) is 70.2 Å². The third kappa shape index (κ3) is 2.16. The Bertz CT molecular complexity index is 552. The summed E-state index contributed by atoms with van der Waals surface area (Å²) in [5, 5.41) is 11.5. The molecular formula is C16H15ClO. The first-order valence-corrected chi connectivity index (χ1v) is 6.57. The van der Waals surface area contributed by atoms with Gasteiger partial charge in [-0.3, -0.25) is 0 Å². The van der Waals surface area contributed by atoms with E-state index < -0.39 is 5.60 Å². The van der Waals surface area contributed by atoms with E-state index in [-0.39, 0.29) is 0 Å². The number of fused-ring (bicyclic) bond motifs is 1. The maximum atomic E-state index is 10.7. The number of aliphatic hydroxyl groups is 1. The molecule has 0 heterocycles. The van der Waals surface area contributed by atoms with Crippen molar-refractivity contribution in [2.75, 3.05) is 0 Å². The van der Waals surface area contributed by atoms with Crippen LogP contribution in [0.15, 0.2) is 48.5 Å². The van der Waals surface area contributed by atoms with Gasteiger partial charge in [-0.15, -0.1) is 0 Å². The van der Waals surface area contributed by atoms with E-state index in [1.165, 1.54) is 11.1 Å². The normalized spacial score (nSPS) is 16.6. The molecule has 0 fully saturated rings. The summed E-state index contributed by atoms with van der Waals surface area (Å²) in [5.74, 6) is 0. The second-order valence-corrected chi connectivity index (χ2v) is 5.52. The Labute approximate surface area is 112 Å². The van der Waals surface area contributed by atoms with Gasteiger partial charge in [0, 0.05) is 24.3 Å². The van der Waals surface area contributed by atoms with Crippen molar-refractivity contribution in [1.29, 1.82) is 0 Å². The summed E-state index contributed by atoms with van der Waals surface area (Å²) in [6.45, 7) is 0. The van der Waals surface area contributed by atoms with Crippen LogP contribution in [0.3, 0.4) is 0 Å². The average molecular weight is 259 g/mol. The topological polar surface area (TPSA) is 20.2 Å².